The Kier molecular flexibility index (Phi) is 3.26. The summed E-state index contributed by atoms with van der Waals surface area (Å²) in [5, 5.41) is 12.9. The zero-order valence-corrected chi connectivity index (χ0v) is 10.2. The molecule has 0 bridgehead atoms. The third kappa shape index (κ3) is 2.10. The van der Waals surface area contributed by atoms with E-state index in [1.165, 1.54) is 0 Å². The van der Waals surface area contributed by atoms with Gasteiger partial charge in [-0.3, -0.25) is 0 Å². The quantitative estimate of drug-likeness (QED) is 0.871. The third-order valence-corrected chi connectivity index (χ3v) is 3.50. The van der Waals surface area contributed by atoms with E-state index in [1.807, 2.05) is 6.07 Å². The van der Waals surface area contributed by atoms with Crippen LogP contribution in [-0.2, 0) is 9.53 Å². The van der Waals surface area contributed by atoms with Crippen molar-refractivity contribution >= 4 is 23.3 Å². The topological polar surface area (TPSA) is 58.6 Å². The number of benzene rings is 1. The number of rotatable bonds is 3. The van der Waals surface area contributed by atoms with Gasteiger partial charge in [-0.15, -0.1) is 0 Å². The van der Waals surface area contributed by atoms with Crippen LogP contribution in [0.5, 0.6) is 0 Å². The Morgan fingerprint density at radius 2 is 2.29 bits per heavy atom. The maximum Gasteiger partial charge on any atom is 0.332 e. The van der Waals surface area contributed by atoms with E-state index < -0.39 is 17.6 Å². The average molecular weight is 256 g/mol. The number of anilines is 1. The molecule has 0 spiro atoms. The van der Waals surface area contributed by atoms with Crippen molar-refractivity contribution in [1.29, 1.82) is 0 Å². The van der Waals surface area contributed by atoms with Crippen molar-refractivity contribution in [2.45, 2.75) is 25.0 Å². The zero-order valence-electron chi connectivity index (χ0n) is 9.44. The van der Waals surface area contributed by atoms with Gasteiger partial charge in [-0.25, -0.2) is 4.79 Å². The summed E-state index contributed by atoms with van der Waals surface area (Å²) >= 11 is 6.02. The number of hydrogen-bond acceptors (Lipinski definition) is 3. The second-order valence-corrected chi connectivity index (χ2v) is 4.55. The molecule has 1 aromatic rings. The average Bonchev–Trinajstić information content (AvgIpc) is 2.65. The first kappa shape index (κ1) is 12.2. The van der Waals surface area contributed by atoms with Gasteiger partial charge in [0, 0.05) is 13.0 Å². The predicted molar refractivity (Wildman–Crippen MR) is 65.5 cm³/mol. The van der Waals surface area contributed by atoms with Gasteiger partial charge in [0.15, 0.2) is 5.54 Å². The number of nitrogens with one attached hydrogen (secondary N) is 1. The standard InChI is InChI=1S/C12H14ClNO3/c1-8-12(11(15)16,6-7-17-8)14-10-5-3-2-4-9(10)13/h2-5,8,14H,6-7H2,1H3,(H,15,16). The molecular weight excluding hydrogens is 242 g/mol. The molecule has 1 aliphatic heterocycles. The van der Waals surface area contributed by atoms with E-state index in [9.17, 15) is 9.90 Å². The van der Waals surface area contributed by atoms with Crippen molar-refractivity contribution in [3.8, 4) is 0 Å². The molecule has 1 heterocycles. The highest BCUT2D eigenvalue weighted by Crippen LogP contribution is 2.33. The minimum atomic E-state index is -1.09. The molecule has 2 unspecified atom stereocenters. The zero-order chi connectivity index (χ0) is 12.5. The molecule has 2 N–H and O–H groups in total. The van der Waals surface area contributed by atoms with Gasteiger partial charge in [0.05, 0.1) is 16.8 Å². The fraction of sp³-hybridized carbons (Fsp3) is 0.417. The highest BCUT2D eigenvalue weighted by atomic mass is 35.5. The second kappa shape index (κ2) is 4.55. The highest BCUT2D eigenvalue weighted by Gasteiger charge is 2.48. The van der Waals surface area contributed by atoms with Crippen LogP contribution in [0.2, 0.25) is 5.02 Å². The monoisotopic (exact) mass is 255 g/mol. The van der Waals surface area contributed by atoms with E-state index in [2.05, 4.69) is 5.32 Å². The first-order chi connectivity index (χ1) is 8.06. The van der Waals surface area contributed by atoms with Crippen molar-refractivity contribution < 1.29 is 14.6 Å². The molecule has 1 aliphatic rings. The molecule has 1 saturated heterocycles. The van der Waals surface area contributed by atoms with Crippen LogP contribution in [-0.4, -0.2) is 29.3 Å². The van der Waals surface area contributed by atoms with Crippen LogP contribution in [0.25, 0.3) is 0 Å². The number of hydrogen-bond donors (Lipinski definition) is 2. The maximum atomic E-state index is 11.5. The molecule has 2 rings (SSSR count). The van der Waals surface area contributed by atoms with Gasteiger partial charge in [-0.05, 0) is 19.1 Å². The van der Waals surface area contributed by atoms with Crippen molar-refractivity contribution in [1.82, 2.24) is 0 Å². The molecule has 17 heavy (non-hydrogen) atoms. The summed E-state index contributed by atoms with van der Waals surface area (Å²) in [7, 11) is 0. The minimum absolute atomic E-state index is 0.392. The van der Waals surface area contributed by atoms with Crippen molar-refractivity contribution in [3.05, 3.63) is 29.3 Å². The van der Waals surface area contributed by atoms with E-state index in [1.54, 1.807) is 25.1 Å². The number of carboxylic acid groups (broad SMARTS) is 1. The smallest absolute Gasteiger partial charge is 0.332 e. The second-order valence-electron chi connectivity index (χ2n) is 4.14. The Bertz CT molecular complexity index is 438. The molecular formula is C12H14ClNO3. The number of aliphatic carboxylic acids is 1. The molecule has 0 radical (unpaired) electrons. The van der Waals surface area contributed by atoms with Crippen LogP contribution in [0.1, 0.15) is 13.3 Å². The van der Waals surface area contributed by atoms with E-state index in [0.717, 1.165) is 0 Å². The van der Waals surface area contributed by atoms with Crippen molar-refractivity contribution in [2.75, 3.05) is 11.9 Å². The molecule has 1 fully saturated rings. The van der Waals surface area contributed by atoms with Crippen LogP contribution < -0.4 is 5.32 Å². The molecule has 92 valence electrons. The Hall–Kier alpha value is -1.26. The lowest BCUT2D eigenvalue weighted by molar-refractivity contribution is -0.143. The summed E-state index contributed by atoms with van der Waals surface area (Å²) in [4.78, 5) is 11.5. The molecule has 0 amide bonds. The number of carbonyl (C=O) groups is 1. The van der Waals surface area contributed by atoms with Crippen molar-refractivity contribution in [2.24, 2.45) is 0 Å². The summed E-state index contributed by atoms with van der Waals surface area (Å²) in [6, 6.07) is 7.09. The fourth-order valence-corrected chi connectivity index (χ4v) is 2.23. The summed E-state index contributed by atoms with van der Waals surface area (Å²) in [6.07, 6.45) is 0.0330. The predicted octanol–water partition coefficient (Wildman–Crippen LogP) is 2.38. The number of ether oxygens (including phenoxy) is 1. The highest BCUT2D eigenvalue weighted by molar-refractivity contribution is 6.33. The largest absolute Gasteiger partial charge is 0.479 e. The summed E-state index contributed by atoms with van der Waals surface area (Å²) in [5.74, 6) is -0.914. The Balaban J connectivity index is 2.31. The number of carboxylic acids is 1. The first-order valence-electron chi connectivity index (χ1n) is 5.44. The van der Waals surface area contributed by atoms with Gasteiger partial charge in [0.1, 0.15) is 0 Å². The molecule has 1 aromatic carbocycles. The molecule has 0 saturated carbocycles. The van der Waals surface area contributed by atoms with Gasteiger partial charge in [-0.2, -0.15) is 0 Å². The van der Waals surface area contributed by atoms with E-state index >= 15 is 0 Å². The maximum absolute atomic E-state index is 11.5. The normalized spacial score (nSPS) is 28.0. The molecule has 5 heteroatoms. The summed E-state index contributed by atoms with van der Waals surface area (Å²) in [6.45, 7) is 2.19. The molecule has 4 nitrogen and oxygen atoms in total. The van der Waals surface area contributed by atoms with Crippen LogP contribution >= 0.6 is 11.6 Å². The SMILES string of the molecule is CC1OCCC1(Nc1ccccc1Cl)C(=O)O. The lowest BCUT2D eigenvalue weighted by Crippen LogP contribution is -2.51. The number of halogens is 1. The van der Waals surface area contributed by atoms with Gasteiger partial charge < -0.3 is 15.2 Å². The summed E-state index contributed by atoms with van der Waals surface area (Å²) < 4.78 is 5.36. The van der Waals surface area contributed by atoms with Crippen LogP contribution in [0.15, 0.2) is 24.3 Å². The molecule has 0 aromatic heterocycles. The molecule has 2 atom stereocenters. The van der Waals surface area contributed by atoms with Crippen LogP contribution in [0, 0.1) is 0 Å². The van der Waals surface area contributed by atoms with Crippen LogP contribution in [0.4, 0.5) is 5.69 Å². The minimum Gasteiger partial charge on any atom is -0.479 e. The third-order valence-electron chi connectivity index (χ3n) is 3.17. The van der Waals surface area contributed by atoms with Gasteiger partial charge in [0.25, 0.3) is 0 Å². The Labute approximate surface area is 105 Å². The number of para-hydroxylation sites is 1. The fourth-order valence-electron chi connectivity index (χ4n) is 2.04. The molecule has 0 aliphatic carbocycles. The lowest BCUT2D eigenvalue weighted by atomic mass is 9.91. The Morgan fingerprint density at radius 3 is 2.82 bits per heavy atom. The Morgan fingerprint density at radius 1 is 1.59 bits per heavy atom. The van der Waals surface area contributed by atoms with E-state index in [4.69, 9.17) is 16.3 Å². The first-order valence-corrected chi connectivity index (χ1v) is 5.82. The van der Waals surface area contributed by atoms with Gasteiger partial charge in [0.2, 0.25) is 0 Å². The van der Waals surface area contributed by atoms with Gasteiger partial charge >= 0.3 is 5.97 Å². The van der Waals surface area contributed by atoms with Gasteiger partial charge in [-0.1, -0.05) is 23.7 Å². The van der Waals surface area contributed by atoms with Crippen molar-refractivity contribution in [3.63, 3.8) is 0 Å². The van der Waals surface area contributed by atoms with Crippen LogP contribution in [0.3, 0.4) is 0 Å². The summed E-state index contributed by atoms with van der Waals surface area (Å²) in [5.41, 5.74) is -0.473. The lowest BCUT2D eigenvalue weighted by Gasteiger charge is -2.30. The van der Waals surface area contributed by atoms with E-state index in [-0.39, 0.29) is 0 Å². The van der Waals surface area contributed by atoms with E-state index in [0.29, 0.717) is 23.7 Å².